The van der Waals surface area contributed by atoms with E-state index in [0.717, 1.165) is 11.7 Å². The van der Waals surface area contributed by atoms with Crippen LogP contribution < -0.4 is 9.30 Å². The number of hydrogen-bond donors (Lipinski definition) is 1. The fourth-order valence-electron chi connectivity index (χ4n) is 0.811. The summed E-state index contributed by atoms with van der Waals surface area (Å²) in [5.74, 6) is 1.99. The first kappa shape index (κ1) is 7.12. The van der Waals surface area contributed by atoms with Crippen molar-refractivity contribution >= 4 is 0 Å². The number of rotatable bonds is 2. The minimum atomic E-state index is 0.713. The van der Waals surface area contributed by atoms with Gasteiger partial charge in [0.2, 0.25) is 0 Å². The average Bonchev–Trinajstić information content (AvgIpc) is 2.20. The number of hydrogen-bond acceptors (Lipinski definition) is 1. The molecule has 0 spiro atoms. The number of H-pyrrole nitrogens is 1. The maximum Gasteiger partial charge on any atom is 0.324 e. The van der Waals surface area contributed by atoms with E-state index in [4.69, 9.17) is 4.74 Å². The highest BCUT2D eigenvalue weighted by atomic mass is 16.5. The van der Waals surface area contributed by atoms with Crippen molar-refractivity contribution in [1.82, 2.24) is 4.98 Å². The van der Waals surface area contributed by atoms with Crippen LogP contribution in [0.1, 0.15) is 12.7 Å². The van der Waals surface area contributed by atoms with Gasteiger partial charge in [-0.3, -0.25) is 0 Å². The van der Waals surface area contributed by atoms with Gasteiger partial charge in [0.05, 0.1) is 13.7 Å². The summed E-state index contributed by atoms with van der Waals surface area (Å²) in [5, 5.41) is 0. The van der Waals surface area contributed by atoms with E-state index in [9.17, 15) is 0 Å². The second-order valence-electron chi connectivity index (χ2n) is 2.20. The molecule has 0 radical (unpaired) electrons. The van der Waals surface area contributed by atoms with Crippen LogP contribution in [0.25, 0.3) is 0 Å². The van der Waals surface area contributed by atoms with Gasteiger partial charge in [-0.2, -0.15) is 0 Å². The summed E-state index contributed by atoms with van der Waals surface area (Å²) < 4.78 is 7.26. The maximum absolute atomic E-state index is 5.29. The molecule has 10 heavy (non-hydrogen) atoms. The number of aryl methyl sites for hydroxylation is 1. The first-order chi connectivity index (χ1) is 4.75. The third kappa shape index (κ3) is 1.12. The maximum atomic E-state index is 5.29. The van der Waals surface area contributed by atoms with Crippen molar-refractivity contribution in [3.8, 4) is 5.88 Å². The van der Waals surface area contributed by atoms with E-state index >= 15 is 0 Å². The van der Waals surface area contributed by atoms with Crippen molar-refractivity contribution in [3.05, 3.63) is 12.0 Å². The molecule has 0 aliphatic carbocycles. The van der Waals surface area contributed by atoms with Crippen LogP contribution in [0.2, 0.25) is 0 Å². The first-order valence-corrected chi connectivity index (χ1v) is 3.42. The SMILES string of the molecule is CCOc1c[nH]c(C)[n+]1C. The number of aromatic nitrogens is 2. The fraction of sp³-hybridized carbons (Fsp3) is 0.571. The predicted molar refractivity (Wildman–Crippen MR) is 37.9 cm³/mol. The van der Waals surface area contributed by atoms with Crippen LogP contribution in [-0.2, 0) is 7.05 Å². The van der Waals surface area contributed by atoms with E-state index in [-0.39, 0.29) is 0 Å². The molecule has 1 rings (SSSR count). The Morgan fingerprint density at radius 2 is 2.40 bits per heavy atom. The Bertz CT molecular complexity index is 217. The molecule has 1 heterocycles. The Hall–Kier alpha value is -0.990. The van der Waals surface area contributed by atoms with Gasteiger partial charge in [-0.05, 0) is 6.92 Å². The molecule has 1 N–H and O–H groups in total. The Morgan fingerprint density at radius 3 is 2.80 bits per heavy atom. The number of nitrogens with zero attached hydrogens (tertiary/aromatic N) is 1. The van der Waals surface area contributed by atoms with E-state index in [0.29, 0.717) is 6.61 Å². The molecule has 1 aromatic heterocycles. The monoisotopic (exact) mass is 141 g/mol. The lowest BCUT2D eigenvalue weighted by Crippen LogP contribution is -2.31. The zero-order chi connectivity index (χ0) is 7.56. The van der Waals surface area contributed by atoms with Crippen LogP contribution in [0.5, 0.6) is 5.88 Å². The second kappa shape index (κ2) is 2.73. The van der Waals surface area contributed by atoms with Crippen LogP contribution in [0.15, 0.2) is 6.20 Å². The molecule has 1 aromatic rings. The van der Waals surface area contributed by atoms with E-state index in [2.05, 4.69) is 4.98 Å². The van der Waals surface area contributed by atoms with Crippen molar-refractivity contribution < 1.29 is 9.30 Å². The van der Waals surface area contributed by atoms with E-state index in [1.165, 1.54) is 0 Å². The van der Waals surface area contributed by atoms with Gasteiger partial charge in [0.15, 0.2) is 6.20 Å². The van der Waals surface area contributed by atoms with Gasteiger partial charge in [-0.25, -0.2) is 9.55 Å². The smallest absolute Gasteiger partial charge is 0.324 e. The van der Waals surface area contributed by atoms with Crippen LogP contribution in [0, 0.1) is 6.92 Å². The summed E-state index contributed by atoms with van der Waals surface area (Å²) in [7, 11) is 1.97. The summed E-state index contributed by atoms with van der Waals surface area (Å²) in [5.41, 5.74) is 0. The topological polar surface area (TPSA) is 28.9 Å². The summed E-state index contributed by atoms with van der Waals surface area (Å²) >= 11 is 0. The number of nitrogens with one attached hydrogen (secondary N) is 1. The first-order valence-electron chi connectivity index (χ1n) is 3.42. The summed E-state index contributed by atoms with van der Waals surface area (Å²) in [4.78, 5) is 3.06. The van der Waals surface area contributed by atoms with Gasteiger partial charge in [-0.15, -0.1) is 0 Å². The molecule has 3 nitrogen and oxygen atoms in total. The molecular formula is C7H13N2O+. The molecule has 0 fully saturated rings. The summed E-state index contributed by atoms with van der Waals surface area (Å²) in [6, 6.07) is 0. The van der Waals surface area contributed by atoms with Crippen LogP contribution in [0.4, 0.5) is 0 Å². The Balaban J connectivity index is 2.83. The van der Waals surface area contributed by atoms with E-state index in [1.807, 2.05) is 31.7 Å². The molecule has 0 aliphatic rings. The van der Waals surface area contributed by atoms with Crippen LogP contribution in [-0.4, -0.2) is 11.6 Å². The van der Waals surface area contributed by atoms with Crippen molar-refractivity contribution in [2.45, 2.75) is 13.8 Å². The second-order valence-corrected chi connectivity index (χ2v) is 2.20. The largest absolute Gasteiger partial charge is 0.460 e. The summed E-state index contributed by atoms with van der Waals surface area (Å²) in [6.07, 6.45) is 1.86. The third-order valence-corrected chi connectivity index (χ3v) is 1.53. The highest BCUT2D eigenvalue weighted by Crippen LogP contribution is 2.00. The lowest BCUT2D eigenvalue weighted by molar-refractivity contribution is -0.681. The molecule has 0 aliphatic heterocycles. The highest BCUT2D eigenvalue weighted by Gasteiger charge is 2.08. The van der Waals surface area contributed by atoms with Crippen LogP contribution in [0.3, 0.4) is 0 Å². The molecular weight excluding hydrogens is 128 g/mol. The molecule has 0 saturated heterocycles. The normalized spacial score (nSPS) is 9.90. The number of ether oxygens (including phenoxy) is 1. The lowest BCUT2D eigenvalue weighted by Gasteiger charge is -1.95. The van der Waals surface area contributed by atoms with Crippen LogP contribution >= 0.6 is 0 Å². The van der Waals surface area contributed by atoms with Gasteiger partial charge < -0.3 is 4.74 Å². The average molecular weight is 141 g/mol. The highest BCUT2D eigenvalue weighted by molar-refractivity contribution is 4.95. The van der Waals surface area contributed by atoms with Gasteiger partial charge in [0.1, 0.15) is 0 Å². The van der Waals surface area contributed by atoms with Crippen molar-refractivity contribution in [1.29, 1.82) is 0 Å². The number of aromatic amines is 1. The van der Waals surface area contributed by atoms with Crippen molar-refractivity contribution in [2.24, 2.45) is 7.05 Å². The molecule has 0 amide bonds. The minimum Gasteiger partial charge on any atom is -0.460 e. The van der Waals surface area contributed by atoms with Crippen molar-refractivity contribution in [3.63, 3.8) is 0 Å². The molecule has 0 saturated carbocycles. The van der Waals surface area contributed by atoms with Gasteiger partial charge >= 0.3 is 5.88 Å². The zero-order valence-corrected chi connectivity index (χ0v) is 6.64. The lowest BCUT2D eigenvalue weighted by atomic mass is 10.7. The molecule has 0 bridgehead atoms. The molecule has 3 heteroatoms. The minimum absolute atomic E-state index is 0.713. The van der Waals surface area contributed by atoms with E-state index < -0.39 is 0 Å². The number of imidazole rings is 1. The Labute approximate surface area is 60.6 Å². The molecule has 0 unspecified atom stereocenters. The third-order valence-electron chi connectivity index (χ3n) is 1.53. The molecule has 0 aromatic carbocycles. The standard InChI is InChI=1S/C7H12N2O/c1-4-10-7-5-8-6(2)9(7)3/h5H,4H2,1-3H3/p+1. The molecule has 56 valence electrons. The van der Waals surface area contributed by atoms with Gasteiger partial charge in [0, 0.05) is 6.92 Å². The summed E-state index contributed by atoms with van der Waals surface area (Å²) in [6.45, 7) is 4.69. The van der Waals surface area contributed by atoms with Gasteiger partial charge in [-0.1, -0.05) is 0 Å². The van der Waals surface area contributed by atoms with E-state index in [1.54, 1.807) is 0 Å². The Morgan fingerprint density at radius 1 is 1.70 bits per heavy atom. The quantitative estimate of drug-likeness (QED) is 0.598. The molecule has 0 atom stereocenters. The van der Waals surface area contributed by atoms with Gasteiger partial charge in [0.25, 0.3) is 5.82 Å². The Kier molecular flexibility index (Phi) is 1.94. The predicted octanol–water partition coefficient (Wildman–Crippen LogP) is 0.546. The zero-order valence-electron chi connectivity index (χ0n) is 6.64. The fourth-order valence-corrected chi connectivity index (χ4v) is 0.811. The van der Waals surface area contributed by atoms with Crippen molar-refractivity contribution in [2.75, 3.05) is 6.61 Å².